The number of phosphoric acid groups is 2. The number of rotatable bonds is 10. The first-order valence-electron chi connectivity index (χ1n) is 5.11. The Morgan fingerprint density at radius 2 is 0.941 bits per heavy atom. The molecule has 104 valence electrons. The molecule has 0 spiro atoms. The maximum Gasteiger partial charge on any atom is 0.469 e. The molecule has 10 heteroatoms. The van der Waals surface area contributed by atoms with Crippen molar-refractivity contribution in [3.63, 3.8) is 0 Å². The van der Waals surface area contributed by atoms with Crippen LogP contribution in [0.5, 0.6) is 0 Å². The summed E-state index contributed by atoms with van der Waals surface area (Å²) < 4.78 is 29.0. The van der Waals surface area contributed by atoms with Gasteiger partial charge in [0, 0.05) is 0 Å². The van der Waals surface area contributed by atoms with Crippen LogP contribution in [0, 0.1) is 0 Å². The summed E-state index contributed by atoms with van der Waals surface area (Å²) in [6.45, 7) is 0.00647. The van der Waals surface area contributed by atoms with Gasteiger partial charge >= 0.3 is 15.6 Å². The minimum atomic E-state index is -4.36. The van der Waals surface area contributed by atoms with Crippen molar-refractivity contribution >= 4 is 15.6 Å². The summed E-state index contributed by atoms with van der Waals surface area (Å²) in [6, 6.07) is 0. The Kier molecular flexibility index (Phi) is 8.45. The van der Waals surface area contributed by atoms with Crippen molar-refractivity contribution in [2.45, 2.75) is 32.1 Å². The van der Waals surface area contributed by atoms with Crippen molar-refractivity contribution in [1.29, 1.82) is 0 Å². The first-order chi connectivity index (χ1) is 7.71. The van der Waals surface area contributed by atoms with E-state index in [0.717, 1.165) is 19.3 Å². The molecule has 0 aliphatic heterocycles. The van der Waals surface area contributed by atoms with E-state index in [2.05, 4.69) is 9.05 Å². The Bertz CT molecular complexity index is 254. The van der Waals surface area contributed by atoms with E-state index in [1.165, 1.54) is 0 Å². The predicted octanol–water partition coefficient (Wildman–Crippen LogP) is 1.16. The van der Waals surface area contributed by atoms with Gasteiger partial charge in [-0.05, 0) is 12.8 Å². The van der Waals surface area contributed by atoms with E-state index in [1.807, 2.05) is 0 Å². The van der Waals surface area contributed by atoms with Crippen molar-refractivity contribution in [3.05, 3.63) is 0 Å². The van der Waals surface area contributed by atoms with Crippen molar-refractivity contribution in [3.8, 4) is 0 Å². The molecular weight excluding hydrogens is 274 g/mol. The maximum absolute atomic E-state index is 10.3. The average Bonchev–Trinajstić information content (AvgIpc) is 2.11. The van der Waals surface area contributed by atoms with Gasteiger partial charge in [0.15, 0.2) is 0 Å². The van der Waals surface area contributed by atoms with Gasteiger partial charge in [-0.1, -0.05) is 19.3 Å². The van der Waals surface area contributed by atoms with Crippen LogP contribution in [0.1, 0.15) is 32.1 Å². The first kappa shape index (κ1) is 17.2. The fourth-order valence-electron chi connectivity index (χ4n) is 1.10. The highest BCUT2D eigenvalue weighted by Gasteiger charge is 2.13. The zero-order chi connectivity index (χ0) is 13.4. The monoisotopic (exact) mass is 292 g/mol. The molecule has 0 heterocycles. The third-order valence-electron chi connectivity index (χ3n) is 1.81. The summed E-state index contributed by atoms with van der Waals surface area (Å²) in [7, 11) is -8.71. The second kappa shape index (κ2) is 8.34. The third-order valence-corrected chi connectivity index (χ3v) is 2.85. The standard InChI is InChI=1S/C7H18O8P2/c8-16(9,10)14-6-4-2-1-3-5-7-15-17(11,12)13/h1-7H2,(H2,8,9,10)(H2,11,12,13). The van der Waals surface area contributed by atoms with E-state index >= 15 is 0 Å². The lowest BCUT2D eigenvalue weighted by Gasteiger charge is -2.06. The molecule has 0 aromatic heterocycles. The van der Waals surface area contributed by atoms with E-state index in [4.69, 9.17) is 19.6 Å². The molecule has 0 rings (SSSR count). The third kappa shape index (κ3) is 16.2. The Hall–Kier alpha value is 0.220. The second-order valence-electron chi connectivity index (χ2n) is 3.42. The number of unbranched alkanes of at least 4 members (excludes halogenated alkanes) is 4. The highest BCUT2D eigenvalue weighted by atomic mass is 31.2. The zero-order valence-corrected chi connectivity index (χ0v) is 11.1. The van der Waals surface area contributed by atoms with Gasteiger partial charge < -0.3 is 19.6 Å². The molecule has 0 bridgehead atoms. The van der Waals surface area contributed by atoms with Crippen LogP contribution in [0.3, 0.4) is 0 Å². The van der Waals surface area contributed by atoms with Crippen LogP contribution in [0.15, 0.2) is 0 Å². The van der Waals surface area contributed by atoms with Gasteiger partial charge in [0.25, 0.3) is 0 Å². The van der Waals surface area contributed by atoms with Crippen LogP contribution in [-0.4, -0.2) is 32.8 Å². The molecule has 0 amide bonds. The lowest BCUT2D eigenvalue weighted by Crippen LogP contribution is -1.94. The predicted molar refractivity (Wildman–Crippen MR) is 59.1 cm³/mol. The zero-order valence-electron chi connectivity index (χ0n) is 9.27. The van der Waals surface area contributed by atoms with E-state index in [-0.39, 0.29) is 13.2 Å². The van der Waals surface area contributed by atoms with Gasteiger partial charge in [0.2, 0.25) is 0 Å². The number of hydrogen-bond donors (Lipinski definition) is 4. The van der Waals surface area contributed by atoms with Crippen LogP contribution in [-0.2, 0) is 18.2 Å². The molecule has 4 N–H and O–H groups in total. The van der Waals surface area contributed by atoms with Gasteiger partial charge in [-0.2, -0.15) is 0 Å². The molecule has 0 saturated heterocycles. The summed E-state index contributed by atoms with van der Waals surface area (Å²) >= 11 is 0. The molecule has 0 fully saturated rings. The largest absolute Gasteiger partial charge is 0.469 e. The molecular formula is C7H18O8P2. The van der Waals surface area contributed by atoms with Gasteiger partial charge in [-0.3, -0.25) is 9.05 Å². The van der Waals surface area contributed by atoms with E-state index in [1.54, 1.807) is 0 Å². The Morgan fingerprint density at radius 3 is 1.24 bits per heavy atom. The number of hydrogen-bond acceptors (Lipinski definition) is 4. The first-order valence-corrected chi connectivity index (χ1v) is 8.17. The Morgan fingerprint density at radius 1 is 0.647 bits per heavy atom. The Labute approximate surface area is 99.4 Å². The second-order valence-corrected chi connectivity index (χ2v) is 5.89. The van der Waals surface area contributed by atoms with Crippen molar-refractivity contribution in [2.75, 3.05) is 13.2 Å². The molecule has 0 saturated carbocycles. The summed E-state index contributed by atoms with van der Waals surface area (Å²) in [4.78, 5) is 33.5. The van der Waals surface area contributed by atoms with Crippen molar-refractivity contribution in [1.82, 2.24) is 0 Å². The molecule has 17 heavy (non-hydrogen) atoms. The summed E-state index contributed by atoms with van der Waals surface area (Å²) in [5.41, 5.74) is 0. The van der Waals surface area contributed by atoms with Crippen LogP contribution >= 0.6 is 15.6 Å². The lowest BCUT2D eigenvalue weighted by atomic mass is 10.2. The molecule has 0 aliphatic rings. The van der Waals surface area contributed by atoms with Crippen LogP contribution in [0.4, 0.5) is 0 Å². The molecule has 0 unspecified atom stereocenters. The molecule has 0 aromatic rings. The number of phosphoric ester groups is 2. The lowest BCUT2D eigenvalue weighted by molar-refractivity contribution is 0.191. The molecule has 0 aromatic carbocycles. The van der Waals surface area contributed by atoms with Crippen LogP contribution in [0.2, 0.25) is 0 Å². The summed E-state index contributed by atoms with van der Waals surface area (Å²) in [5.74, 6) is 0. The van der Waals surface area contributed by atoms with E-state index in [0.29, 0.717) is 12.8 Å². The van der Waals surface area contributed by atoms with E-state index < -0.39 is 15.6 Å². The maximum atomic E-state index is 10.3. The van der Waals surface area contributed by atoms with Gasteiger partial charge in [0.05, 0.1) is 13.2 Å². The SMILES string of the molecule is O=P(O)(O)OCCCCCCCOP(=O)(O)O. The van der Waals surface area contributed by atoms with Crippen molar-refractivity contribution < 1.29 is 37.8 Å². The minimum absolute atomic E-state index is 0.00323. The highest BCUT2D eigenvalue weighted by Crippen LogP contribution is 2.36. The smallest absolute Gasteiger partial charge is 0.303 e. The fourth-order valence-corrected chi connectivity index (χ4v) is 1.84. The van der Waals surface area contributed by atoms with Gasteiger partial charge in [0.1, 0.15) is 0 Å². The minimum Gasteiger partial charge on any atom is -0.303 e. The quantitative estimate of drug-likeness (QED) is 0.348. The normalized spacial score (nSPS) is 12.9. The summed E-state index contributed by atoms with van der Waals surface area (Å²) in [5, 5.41) is 0. The van der Waals surface area contributed by atoms with Crippen molar-refractivity contribution in [2.24, 2.45) is 0 Å². The summed E-state index contributed by atoms with van der Waals surface area (Å²) in [6.07, 6.45) is 3.32. The molecule has 0 atom stereocenters. The van der Waals surface area contributed by atoms with Gasteiger partial charge in [-0.25, -0.2) is 9.13 Å². The molecule has 8 nitrogen and oxygen atoms in total. The van der Waals surface area contributed by atoms with E-state index in [9.17, 15) is 9.13 Å². The Balaban J connectivity index is 3.20. The molecule has 0 aliphatic carbocycles. The molecule has 0 radical (unpaired) electrons. The van der Waals surface area contributed by atoms with Crippen LogP contribution in [0.25, 0.3) is 0 Å². The average molecular weight is 292 g/mol. The van der Waals surface area contributed by atoms with Gasteiger partial charge in [-0.15, -0.1) is 0 Å². The van der Waals surface area contributed by atoms with Crippen LogP contribution < -0.4 is 0 Å². The highest BCUT2D eigenvalue weighted by molar-refractivity contribution is 7.46. The fraction of sp³-hybridized carbons (Fsp3) is 1.00. The topological polar surface area (TPSA) is 134 Å².